The number of carbonyl (C=O) groups excluding carboxylic acids is 4. The first-order valence-corrected chi connectivity index (χ1v) is 18.4. The van der Waals surface area contributed by atoms with E-state index >= 15 is 0 Å². The molecule has 4 amide bonds. The van der Waals surface area contributed by atoms with Crippen LogP contribution in [0.25, 0.3) is 0 Å². The Morgan fingerprint density at radius 2 is 1.48 bits per heavy atom. The van der Waals surface area contributed by atoms with Crippen LogP contribution in [0.3, 0.4) is 0 Å². The van der Waals surface area contributed by atoms with Crippen LogP contribution in [0.1, 0.15) is 94.4 Å². The van der Waals surface area contributed by atoms with Gasteiger partial charge in [0.25, 0.3) is 0 Å². The molecule has 1 saturated heterocycles. The molecule has 1 fully saturated rings. The molecule has 0 spiro atoms. The Kier molecular flexibility index (Phi) is 18.9. The normalized spacial score (nSPS) is 19.9. The van der Waals surface area contributed by atoms with Gasteiger partial charge in [-0.3, -0.25) is 24.1 Å². The quantitative estimate of drug-likeness (QED) is 0.163. The summed E-state index contributed by atoms with van der Waals surface area (Å²) in [6.07, 6.45) is 1.07. The van der Waals surface area contributed by atoms with Crippen molar-refractivity contribution in [3.8, 4) is 0 Å². The molecule has 0 aromatic carbocycles. The minimum absolute atomic E-state index is 0.000865. The number of hydrogen-bond donors (Lipinski definition) is 3. The predicted molar refractivity (Wildman–Crippen MR) is 194 cm³/mol. The molecule has 3 N–H and O–H groups in total. The van der Waals surface area contributed by atoms with Crippen LogP contribution >= 0.6 is 0 Å². The Balaban J connectivity index is 3.28. The molecule has 1 unspecified atom stereocenters. The van der Waals surface area contributed by atoms with Crippen molar-refractivity contribution in [3.05, 3.63) is 0 Å². The topological polar surface area (TPSA) is 158 Å². The largest absolute Gasteiger partial charge is 0.480 e. The number of nitrogens with one attached hydrogen (secondary N) is 2. The molecule has 50 heavy (non-hydrogen) atoms. The number of ether oxygens (including phenoxy) is 2. The zero-order chi connectivity index (χ0) is 38.6. The lowest BCUT2D eigenvalue weighted by molar-refractivity contribution is -0.148. The third-order valence-electron chi connectivity index (χ3n) is 10.3. The molecule has 0 saturated carbocycles. The highest BCUT2D eigenvalue weighted by atomic mass is 16.5. The summed E-state index contributed by atoms with van der Waals surface area (Å²) in [6.45, 7) is 17.8. The van der Waals surface area contributed by atoms with E-state index in [1.54, 1.807) is 30.9 Å². The molecule has 0 aliphatic carbocycles. The monoisotopic (exact) mass is 712 g/mol. The molecule has 1 rings (SSSR count). The molecular weight excluding hydrogens is 642 g/mol. The van der Waals surface area contributed by atoms with Crippen molar-refractivity contribution in [2.45, 2.75) is 137 Å². The van der Waals surface area contributed by atoms with Crippen LogP contribution in [0.15, 0.2) is 0 Å². The first-order chi connectivity index (χ1) is 23.2. The minimum Gasteiger partial charge on any atom is -0.480 e. The highest BCUT2D eigenvalue weighted by molar-refractivity contribution is 5.90. The van der Waals surface area contributed by atoms with Crippen molar-refractivity contribution in [1.82, 2.24) is 25.3 Å². The van der Waals surface area contributed by atoms with Gasteiger partial charge in [0.05, 0.1) is 42.7 Å². The lowest BCUT2D eigenvalue weighted by Gasteiger charge is -2.41. The van der Waals surface area contributed by atoms with Crippen molar-refractivity contribution < 1.29 is 38.6 Å². The highest BCUT2D eigenvalue weighted by Gasteiger charge is 2.43. The fraction of sp³-hybridized carbons (Fsp3) is 0.865. The van der Waals surface area contributed by atoms with Gasteiger partial charge >= 0.3 is 5.97 Å². The van der Waals surface area contributed by atoms with E-state index in [4.69, 9.17) is 9.47 Å². The number of hydrogen-bond acceptors (Lipinski definition) is 8. The number of carbonyl (C=O) groups is 5. The number of rotatable bonds is 21. The van der Waals surface area contributed by atoms with Crippen LogP contribution in [0.4, 0.5) is 0 Å². The maximum atomic E-state index is 14.2. The molecule has 13 heteroatoms. The molecule has 0 aromatic rings. The van der Waals surface area contributed by atoms with Gasteiger partial charge < -0.3 is 35.0 Å². The SMILES string of the molecule is CC[C@H](C)[C@@H]([C@@H](CC(=O)N1CCC[C@H]1[C@H](OC)[C@@H](C)C(=O)N[C@@H](CC(C)C)C(=O)O)OC)N(C)C(=O)[C@@H](NC(=O)C(C(C)C)N(C)C)C(C)C. The number of likely N-dealkylation sites (tertiary alicyclic amines) is 1. The number of amides is 4. The van der Waals surface area contributed by atoms with Gasteiger partial charge in [-0.05, 0) is 57.0 Å². The van der Waals surface area contributed by atoms with Gasteiger partial charge in [-0.15, -0.1) is 0 Å². The zero-order valence-corrected chi connectivity index (χ0v) is 33.3. The van der Waals surface area contributed by atoms with Gasteiger partial charge in [0, 0.05) is 27.8 Å². The van der Waals surface area contributed by atoms with Crippen LogP contribution in [0, 0.1) is 29.6 Å². The maximum Gasteiger partial charge on any atom is 0.326 e. The molecule has 1 aliphatic heterocycles. The molecule has 1 heterocycles. The Morgan fingerprint density at radius 3 is 1.92 bits per heavy atom. The third kappa shape index (κ3) is 12.2. The average Bonchev–Trinajstić information content (AvgIpc) is 3.51. The van der Waals surface area contributed by atoms with E-state index in [1.807, 2.05) is 74.4 Å². The average molecular weight is 712 g/mol. The maximum absolute atomic E-state index is 14.2. The number of carboxylic acid groups (broad SMARTS) is 1. The van der Waals surface area contributed by atoms with Gasteiger partial charge in [-0.1, -0.05) is 68.7 Å². The van der Waals surface area contributed by atoms with Crippen LogP contribution in [0.5, 0.6) is 0 Å². The lowest BCUT2D eigenvalue weighted by atomic mass is 9.89. The van der Waals surface area contributed by atoms with Crippen molar-refractivity contribution in [3.63, 3.8) is 0 Å². The number of carboxylic acids is 1. The first-order valence-electron chi connectivity index (χ1n) is 18.4. The fourth-order valence-corrected chi connectivity index (χ4v) is 7.41. The molecule has 1 aliphatic rings. The summed E-state index contributed by atoms with van der Waals surface area (Å²) in [4.78, 5) is 71.9. The van der Waals surface area contributed by atoms with Crippen LogP contribution < -0.4 is 10.6 Å². The number of aliphatic carboxylic acids is 1. The molecule has 0 bridgehead atoms. The number of methoxy groups -OCH3 is 2. The molecule has 0 radical (unpaired) electrons. The molecule has 9 atom stereocenters. The minimum atomic E-state index is -1.09. The summed E-state index contributed by atoms with van der Waals surface area (Å²) in [5, 5.41) is 15.3. The van der Waals surface area contributed by atoms with E-state index in [1.165, 1.54) is 7.11 Å². The zero-order valence-electron chi connectivity index (χ0n) is 33.3. The van der Waals surface area contributed by atoms with Gasteiger partial charge in [0.1, 0.15) is 12.1 Å². The van der Waals surface area contributed by atoms with Gasteiger partial charge in [0.15, 0.2) is 0 Å². The Bertz CT molecular complexity index is 1110. The smallest absolute Gasteiger partial charge is 0.326 e. The van der Waals surface area contributed by atoms with Gasteiger partial charge in [0.2, 0.25) is 23.6 Å². The summed E-state index contributed by atoms with van der Waals surface area (Å²) >= 11 is 0. The molecule has 0 aromatic heterocycles. The first kappa shape index (κ1) is 45.3. The van der Waals surface area contributed by atoms with Crippen molar-refractivity contribution in [1.29, 1.82) is 0 Å². The van der Waals surface area contributed by atoms with E-state index in [0.29, 0.717) is 19.4 Å². The van der Waals surface area contributed by atoms with Crippen LogP contribution in [-0.2, 0) is 33.4 Å². The van der Waals surface area contributed by atoms with E-state index < -0.39 is 60.2 Å². The van der Waals surface area contributed by atoms with Gasteiger partial charge in [-0.2, -0.15) is 0 Å². The fourth-order valence-electron chi connectivity index (χ4n) is 7.41. The Morgan fingerprint density at radius 1 is 0.880 bits per heavy atom. The highest BCUT2D eigenvalue weighted by Crippen LogP contribution is 2.30. The summed E-state index contributed by atoms with van der Waals surface area (Å²) < 4.78 is 11.8. The Hall–Kier alpha value is -2.77. The second kappa shape index (κ2) is 20.9. The Labute approximate surface area is 301 Å². The number of likely N-dealkylation sites (N-methyl/N-ethyl adjacent to an activating group) is 2. The second-order valence-electron chi connectivity index (χ2n) is 15.5. The van der Waals surface area contributed by atoms with E-state index in [-0.39, 0.29) is 47.8 Å². The standard InChI is InChI=1S/C37H69N5O8/c1-15-24(8)32(41(12)36(46)30(22(4)5)39-35(45)31(23(6)7)40(10)11)28(49-13)20-29(43)42-18-16-17-27(42)33(50-14)25(9)34(44)38-26(37(47)48)19-21(2)3/h21-28,30-33H,15-20H2,1-14H3,(H,38,44)(H,39,45)(H,47,48)/t24-,25+,26-,27-,28+,30-,31?,32-,33+/m0/s1. The summed E-state index contributed by atoms with van der Waals surface area (Å²) in [7, 11) is 8.45. The predicted octanol–water partition coefficient (Wildman–Crippen LogP) is 3.25. The number of nitrogens with zero attached hydrogens (tertiary/aromatic N) is 3. The summed E-state index contributed by atoms with van der Waals surface area (Å²) in [5.74, 6) is -2.98. The van der Waals surface area contributed by atoms with Crippen molar-refractivity contribution in [2.24, 2.45) is 29.6 Å². The summed E-state index contributed by atoms with van der Waals surface area (Å²) in [6, 6.07) is -3.05. The molecule has 290 valence electrons. The van der Waals surface area contributed by atoms with Gasteiger partial charge in [-0.25, -0.2) is 4.79 Å². The van der Waals surface area contributed by atoms with E-state index in [2.05, 4.69) is 10.6 Å². The van der Waals surface area contributed by atoms with Crippen LogP contribution in [0.2, 0.25) is 0 Å². The van der Waals surface area contributed by atoms with E-state index in [0.717, 1.165) is 12.8 Å². The molecular formula is C37H69N5O8. The van der Waals surface area contributed by atoms with Crippen molar-refractivity contribution >= 4 is 29.6 Å². The second-order valence-corrected chi connectivity index (χ2v) is 15.5. The summed E-state index contributed by atoms with van der Waals surface area (Å²) in [5.41, 5.74) is 0. The lowest BCUT2D eigenvalue weighted by Crippen LogP contribution is -2.59. The van der Waals surface area contributed by atoms with Crippen LogP contribution in [-0.4, -0.2) is 134 Å². The molecule has 13 nitrogen and oxygen atoms in total. The van der Waals surface area contributed by atoms with E-state index in [9.17, 15) is 29.1 Å². The third-order valence-corrected chi connectivity index (χ3v) is 10.3. The van der Waals surface area contributed by atoms with Crippen molar-refractivity contribution in [2.75, 3.05) is 41.9 Å².